The summed E-state index contributed by atoms with van der Waals surface area (Å²) in [4.78, 5) is 26.2. The van der Waals surface area contributed by atoms with Crippen molar-refractivity contribution in [3.63, 3.8) is 0 Å². The van der Waals surface area contributed by atoms with Crippen LogP contribution in [0, 0.1) is 5.92 Å². The largest absolute Gasteiger partial charge is 0.351 e. The summed E-state index contributed by atoms with van der Waals surface area (Å²) in [6.45, 7) is 8.77. The fourth-order valence-electron chi connectivity index (χ4n) is 3.42. The number of amides is 1. The SMILES string of the molecule is CC.C[C@H](Nc1nc(C(=O)NCCC2CCNC2)c2sccc2n1)c1ccccn1. The van der Waals surface area contributed by atoms with Crippen molar-refractivity contribution in [1.82, 2.24) is 25.6 Å². The monoisotopic (exact) mass is 426 g/mol. The highest BCUT2D eigenvalue weighted by atomic mass is 32.1. The zero-order valence-electron chi connectivity index (χ0n) is 17.8. The highest BCUT2D eigenvalue weighted by Crippen LogP contribution is 2.25. The summed E-state index contributed by atoms with van der Waals surface area (Å²) < 4.78 is 0.816. The predicted octanol–water partition coefficient (Wildman–Crippen LogP) is 4.02. The van der Waals surface area contributed by atoms with Crippen LogP contribution in [0.1, 0.15) is 55.8 Å². The normalized spacial score (nSPS) is 16.6. The maximum Gasteiger partial charge on any atom is 0.271 e. The zero-order chi connectivity index (χ0) is 21.3. The van der Waals surface area contributed by atoms with Crippen LogP contribution < -0.4 is 16.0 Å². The first kappa shape index (κ1) is 22.1. The van der Waals surface area contributed by atoms with E-state index < -0.39 is 0 Å². The van der Waals surface area contributed by atoms with E-state index in [9.17, 15) is 4.79 Å². The molecule has 0 radical (unpaired) electrons. The van der Waals surface area contributed by atoms with E-state index in [-0.39, 0.29) is 11.9 Å². The summed E-state index contributed by atoms with van der Waals surface area (Å²) >= 11 is 1.49. The Morgan fingerprint density at radius 2 is 2.17 bits per heavy atom. The Kier molecular flexibility index (Phi) is 8.10. The molecule has 0 spiro atoms. The maximum absolute atomic E-state index is 12.8. The molecule has 0 aromatic carbocycles. The predicted molar refractivity (Wildman–Crippen MR) is 123 cm³/mol. The van der Waals surface area contributed by atoms with Gasteiger partial charge in [-0.05, 0) is 62.4 Å². The van der Waals surface area contributed by atoms with Gasteiger partial charge in [0.05, 0.1) is 22.0 Å². The molecular weight excluding hydrogens is 396 g/mol. The Morgan fingerprint density at radius 1 is 1.30 bits per heavy atom. The van der Waals surface area contributed by atoms with E-state index in [2.05, 4.69) is 30.9 Å². The standard InChI is InChI=1S/C20H24N6OS.C2H6/c1-13(15-4-2-3-8-22-15)24-20-25-16-7-11-28-18(16)17(26-20)19(27)23-10-6-14-5-9-21-12-14;1-2/h2-4,7-8,11,13-14,21H,5-6,9-10,12H2,1H3,(H,23,27)(H,24,25,26);1-2H3/t13-,14?;/m0./s1. The molecule has 2 atom stereocenters. The first-order valence-corrected chi connectivity index (χ1v) is 11.5. The van der Waals surface area contributed by atoms with Crippen molar-refractivity contribution in [2.45, 2.75) is 39.7 Å². The minimum absolute atomic E-state index is 0.0666. The van der Waals surface area contributed by atoms with E-state index in [1.165, 1.54) is 17.8 Å². The molecule has 160 valence electrons. The summed E-state index contributed by atoms with van der Waals surface area (Å²) in [5, 5.41) is 11.6. The summed E-state index contributed by atoms with van der Waals surface area (Å²) in [6.07, 6.45) is 3.92. The first-order chi connectivity index (χ1) is 14.7. The van der Waals surface area contributed by atoms with E-state index in [1.54, 1.807) is 6.20 Å². The van der Waals surface area contributed by atoms with Crippen molar-refractivity contribution in [3.05, 3.63) is 47.2 Å². The number of carbonyl (C=O) groups excluding carboxylic acids is 1. The fourth-order valence-corrected chi connectivity index (χ4v) is 4.23. The van der Waals surface area contributed by atoms with Crippen LogP contribution in [0.3, 0.4) is 0 Å². The number of pyridine rings is 1. The van der Waals surface area contributed by atoms with Gasteiger partial charge >= 0.3 is 0 Å². The van der Waals surface area contributed by atoms with E-state index in [4.69, 9.17) is 0 Å². The van der Waals surface area contributed by atoms with Crippen LogP contribution in [-0.2, 0) is 0 Å². The van der Waals surface area contributed by atoms with Gasteiger partial charge in [-0.1, -0.05) is 19.9 Å². The second-order valence-corrected chi connectivity index (χ2v) is 7.97. The third-order valence-corrected chi connectivity index (χ3v) is 5.91. The van der Waals surface area contributed by atoms with E-state index in [0.29, 0.717) is 24.1 Å². The zero-order valence-corrected chi connectivity index (χ0v) is 18.6. The molecule has 1 saturated heterocycles. The molecule has 3 aromatic heterocycles. The molecule has 1 amide bonds. The van der Waals surface area contributed by atoms with Gasteiger partial charge < -0.3 is 16.0 Å². The van der Waals surface area contributed by atoms with E-state index in [1.807, 2.05) is 50.4 Å². The molecule has 3 aromatic rings. The summed E-state index contributed by atoms with van der Waals surface area (Å²) in [5.74, 6) is 0.937. The molecule has 1 aliphatic rings. The van der Waals surface area contributed by atoms with Crippen LogP contribution in [0.15, 0.2) is 35.8 Å². The van der Waals surface area contributed by atoms with Crippen LogP contribution in [0.25, 0.3) is 10.2 Å². The molecule has 7 nitrogen and oxygen atoms in total. The molecule has 1 aliphatic heterocycles. The highest BCUT2D eigenvalue weighted by Gasteiger charge is 2.19. The molecule has 4 heterocycles. The van der Waals surface area contributed by atoms with Gasteiger partial charge in [0, 0.05) is 12.7 Å². The molecule has 0 bridgehead atoms. The van der Waals surface area contributed by atoms with Crippen LogP contribution >= 0.6 is 11.3 Å². The summed E-state index contributed by atoms with van der Waals surface area (Å²) in [6, 6.07) is 7.63. The van der Waals surface area contributed by atoms with Crippen molar-refractivity contribution in [2.75, 3.05) is 25.0 Å². The Hall–Kier alpha value is -2.58. The van der Waals surface area contributed by atoms with Gasteiger partial charge in [-0.3, -0.25) is 9.78 Å². The highest BCUT2D eigenvalue weighted by molar-refractivity contribution is 7.17. The average Bonchev–Trinajstić information content (AvgIpc) is 3.47. The second kappa shape index (κ2) is 11.0. The number of hydrogen-bond acceptors (Lipinski definition) is 7. The second-order valence-electron chi connectivity index (χ2n) is 7.05. The topological polar surface area (TPSA) is 91.8 Å². The Morgan fingerprint density at radius 3 is 2.90 bits per heavy atom. The van der Waals surface area contributed by atoms with E-state index in [0.717, 1.165) is 35.4 Å². The lowest BCUT2D eigenvalue weighted by molar-refractivity contribution is 0.0948. The van der Waals surface area contributed by atoms with Crippen molar-refractivity contribution in [3.8, 4) is 0 Å². The number of carbonyl (C=O) groups is 1. The lowest BCUT2D eigenvalue weighted by atomic mass is 10.1. The molecule has 1 unspecified atom stereocenters. The number of hydrogen-bond donors (Lipinski definition) is 3. The van der Waals surface area contributed by atoms with Gasteiger partial charge in [0.15, 0.2) is 5.69 Å². The third-order valence-electron chi connectivity index (χ3n) is 5.00. The molecule has 0 aliphatic carbocycles. The van der Waals surface area contributed by atoms with Gasteiger partial charge in [0.2, 0.25) is 5.95 Å². The minimum atomic E-state index is -0.144. The van der Waals surface area contributed by atoms with Crippen LogP contribution in [-0.4, -0.2) is 40.5 Å². The Balaban J connectivity index is 0.00000124. The number of thiophene rings is 1. The maximum atomic E-state index is 12.8. The number of nitrogens with one attached hydrogen (secondary N) is 3. The van der Waals surface area contributed by atoms with Crippen molar-refractivity contribution in [1.29, 1.82) is 0 Å². The molecule has 8 heteroatoms. The fraction of sp³-hybridized carbons (Fsp3) is 0.455. The van der Waals surface area contributed by atoms with Crippen molar-refractivity contribution >= 4 is 33.4 Å². The molecular formula is C22H30N6OS. The van der Waals surface area contributed by atoms with Gasteiger partial charge in [-0.25, -0.2) is 9.97 Å². The number of anilines is 1. The number of rotatable bonds is 7. The molecule has 30 heavy (non-hydrogen) atoms. The lowest BCUT2D eigenvalue weighted by Crippen LogP contribution is -2.27. The van der Waals surface area contributed by atoms with Gasteiger partial charge in [0.1, 0.15) is 0 Å². The summed E-state index contributed by atoms with van der Waals surface area (Å²) in [5.41, 5.74) is 2.11. The number of nitrogens with zero attached hydrogens (tertiary/aromatic N) is 3. The third kappa shape index (κ3) is 5.52. The lowest BCUT2D eigenvalue weighted by Gasteiger charge is -2.14. The van der Waals surface area contributed by atoms with Gasteiger partial charge in [-0.2, -0.15) is 0 Å². The average molecular weight is 427 g/mol. The van der Waals surface area contributed by atoms with Crippen LogP contribution in [0.5, 0.6) is 0 Å². The van der Waals surface area contributed by atoms with Crippen LogP contribution in [0.4, 0.5) is 5.95 Å². The van der Waals surface area contributed by atoms with Crippen molar-refractivity contribution in [2.24, 2.45) is 5.92 Å². The Labute approximate surface area is 181 Å². The van der Waals surface area contributed by atoms with Crippen LogP contribution in [0.2, 0.25) is 0 Å². The molecule has 3 N–H and O–H groups in total. The summed E-state index contributed by atoms with van der Waals surface area (Å²) in [7, 11) is 0. The number of fused-ring (bicyclic) bond motifs is 1. The van der Waals surface area contributed by atoms with Crippen molar-refractivity contribution < 1.29 is 4.79 Å². The minimum Gasteiger partial charge on any atom is -0.351 e. The Bertz CT molecular complexity index is 939. The number of aromatic nitrogens is 3. The smallest absolute Gasteiger partial charge is 0.271 e. The molecule has 0 saturated carbocycles. The quantitative estimate of drug-likeness (QED) is 0.529. The van der Waals surface area contributed by atoms with Gasteiger partial charge in [0.25, 0.3) is 5.91 Å². The molecule has 1 fully saturated rings. The first-order valence-electron chi connectivity index (χ1n) is 10.6. The molecule has 4 rings (SSSR count). The van der Waals surface area contributed by atoms with Gasteiger partial charge in [-0.15, -0.1) is 11.3 Å². The van der Waals surface area contributed by atoms with E-state index >= 15 is 0 Å².